The number of rotatable bonds is 3. The molecule has 1 aliphatic rings. The van der Waals surface area contributed by atoms with Crippen LogP contribution in [0.4, 0.5) is 5.82 Å². The standard InChI is InChI=1S/C10H13N5O2/c1-11-9-7-4-14-15(10(7)13-6-12-9)5-8-16-2-3-17-8/h4,6,8H,2-3,5H2,1H3,(H,11,12,13). The molecule has 1 aliphatic heterocycles. The number of hydrogen-bond acceptors (Lipinski definition) is 6. The smallest absolute Gasteiger partial charge is 0.177 e. The number of nitrogens with zero attached hydrogens (tertiary/aromatic N) is 4. The van der Waals surface area contributed by atoms with Crippen LogP contribution in [0.15, 0.2) is 12.5 Å². The third-order valence-corrected chi connectivity index (χ3v) is 2.68. The summed E-state index contributed by atoms with van der Waals surface area (Å²) < 4.78 is 12.6. The van der Waals surface area contributed by atoms with E-state index in [4.69, 9.17) is 9.47 Å². The first-order valence-corrected chi connectivity index (χ1v) is 5.46. The SMILES string of the molecule is CNc1ncnc2c1cnn2CC1OCCO1. The van der Waals surface area contributed by atoms with Gasteiger partial charge in [-0.15, -0.1) is 0 Å². The molecular formula is C10H13N5O2. The molecule has 0 bridgehead atoms. The molecule has 3 rings (SSSR count). The summed E-state index contributed by atoms with van der Waals surface area (Å²) in [6.07, 6.45) is 3.03. The molecule has 1 saturated heterocycles. The van der Waals surface area contributed by atoms with E-state index in [0.717, 1.165) is 16.9 Å². The number of hydrogen-bond donors (Lipinski definition) is 1. The third-order valence-electron chi connectivity index (χ3n) is 2.68. The minimum Gasteiger partial charge on any atom is -0.372 e. The van der Waals surface area contributed by atoms with Crippen molar-refractivity contribution >= 4 is 16.9 Å². The van der Waals surface area contributed by atoms with Crippen LogP contribution in [-0.4, -0.2) is 46.3 Å². The molecule has 0 aromatic carbocycles. The number of anilines is 1. The van der Waals surface area contributed by atoms with Gasteiger partial charge >= 0.3 is 0 Å². The van der Waals surface area contributed by atoms with Crippen LogP contribution in [0.2, 0.25) is 0 Å². The molecule has 0 spiro atoms. The molecular weight excluding hydrogens is 222 g/mol. The van der Waals surface area contributed by atoms with E-state index in [1.165, 1.54) is 6.33 Å². The van der Waals surface area contributed by atoms with E-state index in [0.29, 0.717) is 19.8 Å². The van der Waals surface area contributed by atoms with Gasteiger partial charge < -0.3 is 14.8 Å². The zero-order valence-corrected chi connectivity index (χ0v) is 9.46. The van der Waals surface area contributed by atoms with E-state index in [9.17, 15) is 0 Å². The summed E-state index contributed by atoms with van der Waals surface area (Å²) >= 11 is 0. The first-order valence-electron chi connectivity index (χ1n) is 5.46. The Balaban J connectivity index is 1.94. The summed E-state index contributed by atoms with van der Waals surface area (Å²) in [5, 5.41) is 8.19. The zero-order chi connectivity index (χ0) is 11.7. The Kier molecular flexibility index (Phi) is 2.62. The van der Waals surface area contributed by atoms with Crippen LogP contribution in [0.1, 0.15) is 0 Å². The van der Waals surface area contributed by atoms with Gasteiger partial charge in [0.15, 0.2) is 11.9 Å². The summed E-state index contributed by atoms with van der Waals surface area (Å²) in [6.45, 7) is 1.82. The molecule has 0 aliphatic carbocycles. The fourth-order valence-electron chi connectivity index (χ4n) is 1.88. The Morgan fingerprint density at radius 3 is 3.00 bits per heavy atom. The third kappa shape index (κ3) is 1.83. The van der Waals surface area contributed by atoms with E-state index in [1.807, 2.05) is 7.05 Å². The monoisotopic (exact) mass is 235 g/mol. The highest BCUT2D eigenvalue weighted by Gasteiger charge is 2.18. The van der Waals surface area contributed by atoms with Gasteiger partial charge in [-0.1, -0.05) is 0 Å². The molecule has 0 saturated carbocycles. The van der Waals surface area contributed by atoms with Crippen molar-refractivity contribution in [3.63, 3.8) is 0 Å². The van der Waals surface area contributed by atoms with Gasteiger partial charge in [-0.2, -0.15) is 5.10 Å². The maximum Gasteiger partial charge on any atom is 0.177 e. The molecule has 90 valence electrons. The Bertz CT molecular complexity index is 520. The fourth-order valence-corrected chi connectivity index (χ4v) is 1.88. The van der Waals surface area contributed by atoms with E-state index in [2.05, 4.69) is 20.4 Å². The summed E-state index contributed by atoms with van der Waals surface area (Å²) in [6, 6.07) is 0. The number of ether oxygens (including phenoxy) is 2. The van der Waals surface area contributed by atoms with Gasteiger partial charge in [0, 0.05) is 7.05 Å². The Morgan fingerprint density at radius 2 is 2.24 bits per heavy atom. The molecule has 1 fully saturated rings. The molecule has 7 nitrogen and oxygen atoms in total. The highest BCUT2D eigenvalue weighted by Crippen LogP contribution is 2.18. The van der Waals surface area contributed by atoms with Crippen molar-refractivity contribution in [3.8, 4) is 0 Å². The fraction of sp³-hybridized carbons (Fsp3) is 0.500. The van der Waals surface area contributed by atoms with Crippen molar-refractivity contribution < 1.29 is 9.47 Å². The molecule has 0 atom stereocenters. The largest absolute Gasteiger partial charge is 0.372 e. The van der Waals surface area contributed by atoms with Gasteiger partial charge in [-0.25, -0.2) is 14.6 Å². The van der Waals surface area contributed by atoms with Crippen molar-refractivity contribution in [2.75, 3.05) is 25.6 Å². The Labute approximate surface area is 97.8 Å². The molecule has 2 aromatic heterocycles. The van der Waals surface area contributed by atoms with E-state index < -0.39 is 0 Å². The topological polar surface area (TPSA) is 74.1 Å². The lowest BCUT2D eigenvalue weighted by Gasteiger charge is -2.09. The average Bonchev–Trinajstić information content (AvgIpc) is 2.99. The highest BCUT2D eigenvalue weighted by molar-refractivity contribution is 5.85. The number of aromatic nitrogens is 4. The van der Waals surface area contributed by atoms with Crippen LogP contribution in [0.3, 0.4) is 0 Å². The average molecular weight is 235 g/mol. The summed E-state index contributed by atoms with van der Waals surface area (Å²) in [5.41, 5.74) is 0.781. The van der Waals surface area contributed by atoms with Gasteiger partial charge in [-0.05, 0) is 0 Å². The van der Waals surface area contributed by atoms with Crippen LogP contribution in [-0.2, 0) is 16.0 Å². The maximum atomic E-state index is 5.39. The van der Waals surface area contributed by atoms with Crippen LogP contribution < -0.4 is 5.32 Å². The maximum absolute atomic E-state index is 5.39. The lowest BCUT2D eigenvalue weighted by Crippen LogP contribution is -2.18. The molecule has 3 heterocycles. The predicted octanol–water partition coefficient (Wildman–Crippen LogP) is 0.241. The van der Waals surface area contributed by atoms with E-state index >= 15 is 0 Å². The predicted molar refractivity (Wildman–Crippen MR) is 60.6 cm³/mol. The normalized spacial score (nSPS) is 16.8. The second-order valence-electron chi connectivity index (χ2n) is 3.71. The van der Waals surface area contributed by atoms with E-state index in [-0.39, 0.29) is 6.29 Å². The van der Waals surface area contributed by atoms with E-state index in [1.54, 1.807) is 10.9 Å². The minimum absolute atomic E-state index is 0.230. The van der Waals surface area contributed by atoms with Crippen molar-refractivity contribution in [2.45, 2.75) is 12.8 Å². The van der Waals surface area contributed by atoms with Gasteiger partial charge in [0.1, 0.15) is 12.1 Å². The molecule has 1 N–H and O–H groups in total. The molecule has 2 aromatic rings. The van der Waals surface area contributed by atoms with Crippen LogP contribution in [0.25, 0.3) is 11.0 Å². The highest BCUT2D eigenvalue weighted by atomic mass is 16.7. The molecule has 0 radical (unpaired) electrons. The van der Waals surface area contributed by atoms with Gasteiger partial charge in [0.05, 0.1) is 31.3 Å². The summed E-state index contributed by atoms with van der Waals surface area (Å²) in [4.78, 5) is 8.36. The summed E-state index contributed by atoms with van der Waals surface area (Å²) in [7, 11) is 1.82. The molecule has 17 heavy (non-hydrogen) atoms. The summed E-state index contributed by atoms with van der Waals surface area (Å²) in [5.74, 6) is 0.773. The Hall–Kier alpha value is -1.73. The quantitative estimate of drug-likeness (QED) is 0.821. The van der Waals surface area contributed by atoms with Gasteiger partial charge in [0.2, 0.25) is 0 Å². The molecule has 7 heteroatoms. The lowest BCUT2D eigenvalue weighted by molar-refractivity contribution is -0.0538. The van der Waals surface area contributed by atoms with Crippen molar-refractivity contribution in [1.82, 2.24) is 19.7 Å². The molecule has 0 amide bonds. The number of nitrogens with one attached hydrogen (secondary N) is 1. The van der Waals surface area contributed by atoms with Crippen LogP contribution in [0, 0.1) is 0 Å². The van der Waals surface area contributed by atoms with Crippen LogP contribution in [0.5, 0.6) is 0 Å². The van der Waals surface area contributed by atoms with Crippen molar-refractivity contribution in [2.24, 2.45) is 0 Å². The second-order valence-corrected chi connectivity index (χ2v) is 3.71. The van der Waals surface area contributed by atoms with Gasteiger partial charge in [0.25, 0.3) is 0 Å². The van der Waals surface area contributed by atoms with Crippen molar-refractivity contribution in [1.29, 1.82) is 0 Å². The first kappa shape index (κ1) is 10.4. The first-order chi connectivity index (χ1) is 8.38. The second kappa shape index (κ2) is 4.27. The number of fused-ring (bicyclic) bond motifs is 1. The zero-order valence-electron chi connectivity index (χ0n) is 9.46. The van der Waals surface area contributed by atoms with Crippen molar-refractivity contribution in [3.05, 3.63) is 12.5 Å². The van der Waals surface area contributed by atoms with Gasteiger partial charge in [-0.3, -0.25) is 0 Å². The lowest BCUT2D eigenvalue weighted by atomic mass is 10.4. The minimum atomic E-state index is -0.230. The molecule has 0 unspecified atom stereocenters. The van der Waals surface area contributed by atoms with Crippen LogP contribution >= 0.6 is 0 Å². The Morgan fingerprint density at radius 1 is 1.41 bits per heavy atom.